The molecule has 5 heteroatoms. The van der Waals surface area contributed by atoms with Gasteiger partial charge in [-0.3, -0.25) is 0 Å². The molecule has 0 aromatic heterocycles. The van der Waals surface area contributed by atoms with Crippen molar-refractivity contribution >= 4 is 6.09 Å². The Hall–Kier alpha value is -0.810. The molecule has 5 nitrogen and oxygen atoms in total. The van der Waals surface area contributed by atoms with Gasteiger partial charge in [-0.05, 0) is 38.5 Å². The Kier molecular flexibility index (Phi) is 6.77. The summed E-state index contributed by atoms with van der Waals surface area (Å²) in [5.41, 5.74) is 0. The molecular formula is C16H30N2O3. The van der Waals surface area contributed by atoms with Crippen LogP contribution in [0.25, 0.3) is 0 Å². The molecule has 1 saturated heterocycles. The molecule has 0 bridgehead atoms. The molecule has 1 aliphatic carbocycles. The molecule has 2 N–H and O–H groups in total. The standard InChI is InChI=1S/C16H30N2O3/c1-2-21-16(20)18-10-8-14(9-11-18)17-15-7-5-3-4-6-13(15)12-19/h13-15,17,19H,2-12H2,1H3/t13-,15+/m0/s1. The summed E-state index contributed by atoms with van der Waals surface area (Å²) in [5.74, 6) is 0.399. The van der Waals surface area contributed by atoms with E-state index in [9.17, 15) is 9.90 Å². The third kappa shape index (κ3) is 4.85. The number of nitrogens with one attached hydrogen (secondary N) is 1. The number of hydrogen-bond acceptors (Lipinski definition) is 4. The van der Waals surface area contributed by atoms with E-state index < -0.39 is 0 Å². The topological polar surface area (TPSA) is 61.8 Å². The highest BCUT2D eigenvalue weighted by Gasteiger charge is 2.28. The molecule has 1 saturated carbocycles. The van der Waals surface area contributed by atoms with Gasteiger partial charge < -0.3 is 20.1 Å². The average molecular weight is 298 g/mol. The number of carbonyl (C=O) groups is 1. The maximum Gasteiger partial charge on any atom is 0.409 e. The minimum Gasteiger partial charge on any atom is -0.450 e. The van der Waals surface area contributed by atoms with Crippen LogP contribution in [0.2, 0.25) is 0 Å². The van der Waals surface area contributed by atoms with Gasteiger partial charge in [0.1, 0.15) is 0 Å². The van der Waals surface area contributed by atoms with Crippen molar-refractivity contribution < 1.29 is 14.6 Å². The Morgan fingerprint density at radius 1 is 1.19 bits per heavy atom. The number of rotatable bonds is 4. The lowest BCUT2D eigenvalue weighted by Gasteiger charge is -2.35. The van der Waals surface area contributed by atoms with Gasteiger partial charge in [-0.1, -0.05) is 19.3 Å². The summed E-state index contributed by atoms with van der Waals surface area (Å²) in [6, 6.07) is 0.907. The molecular weight excluding hydrogens is 268 g/mol. The van der Waals surface area contributed by atoms with Gasteiger partial charge in [0.25, 0.3) is 0 Å². The average Bonchev–Trinajstić information content (AvgIpc) is 2.73. The van der Waals surface area contributed by atoms with E-state index in [4.69, 9.17) is 4.74 Å². The maximum absolute atomic E-state index is 11.7. The van der Waals surface area contributed by atoms with E-state index in [1.165, 1.54) is 25.7 Å². The van der Waals surface area contributed by atoms with Crippen LogP contribution in [0.15, 0.2) is 0 Å². The van der Waals surface area contributed by atoms with Crippen LogP contribution in [0.5, 0.6) is 0 Å². The van der Waals surface area contributed by atoms with Crippen LogP contribution in [0, 0.1) is 5.92 Å². The molecule has 21 heavy (non-hydrogen) atoms. The monoisotopic (exact) mass is 298 g/mol. The van der Waals surface area contributed by atoms with Crippen molar-refractivity contribution in [3.63, 3.8) is 0 Å². The Labute approximate surface area is 128 Å². The van der Waals surface area contributed by atoms with Gasteiger partial charge in [0.2, 0.25) is 0 Å². The van der Waals surface area contributed by atoms with Crippen molar-refractivity contribution in [3.8, 4) is 0 Å². The van der Waals surface area contributed by atoms with E-state index in [0.29, 0.717) is 31.2 Å². The third-order valence-electron chi connectivity index (χ3n) is 4.86. The first-order valence-corrected chi connectivity index (χ1v) is 8.53. The van der Waals surface area contributed by atoms with E-state index in [1.54, 1.807) is 4.90 Å². The van der Waals surface area contributed by atoms with E-state index >= 15 is 0 Å². The molecule has 0 radical (unpaired) electrons. The van der Waals surface area contributed by atoms with Crippen molar-refractivity contribution in [1.82, 2.24) is 10.2 Å². The lowest BCUT2D eigenvalue weighted by Crippen LogP contribution is -2.50. The first kappa shape index (κ1) is 16.6. The third-order valence-corrected chi connectivity index (χ3v) is 4.86. The number of nitrogens with zero attached hydrogens (tertiary/aromatic N) is 1. The fourth-order valence-corrected chi connectivity index (χ4v) is 3.57. The van der Waals surface area contributed by atoms with Crippen LogP contribution in [-0.4, -0.2) is 54.5 Å². The predicted octanol–water partition coefficient (Wildman–Crippen LogP) is 2.14. The number of amides is 1. The molecule has 2 atom stereocenters. The van der Waals surface area contributed by atoms with Gasteiger partial charge in [0.05, 0.1) is 6.61 Å². The van der Waals surface area contributed by atoms with Gasteiger partial charge in [-0.25, -0.2) is 4.79 Å². The van der Waals surface area contributed by atoms with E-state index in [-0.39, 0.29) is 6.09 Å². The minimum atomic E-state index is -0.182. The van der Waals surface area contributed by atoms with Crippen LogP contribution in [-0.2, 0) is 4.74 Å². The zero-order valence-corrected chi connectivity index (χ0v) is 13.2. The normalized spacial score (nSPS) is 28.2. The second-order valence-electron chi connectivity index (χ2n) is 6.31. The van der Waals surface area contributed by atoms with Crippen molar-refractivity contribution in [1.29, 1.82) is 0 Å². The van der Waals surface area contributed by atoms with Crippen LogP contribution >= 0.6 is 0 Å². The molecule has 0 aromatic carbocycles. The van der Waals surface area contributed by atoms with Crippen LogP contribution in [0.1, 0.15) is 51.9 Å². The number of piperidine rings is 1. The molecule has 122 valence electrons. The molecule has 2 rings (SSSR count). The van der Waals surface area contributed by atoms with E-state index in [2.05, 4.69) is 5.32 Å². The summed E-state index contributed by atoms with van der Waals surface area (Å²) in [6.07, 6.45) is 7.87. The number of aliphatic hydroxyl groups excluding tert-OH is 1. The summed E-state index contributed by atoms with van der Waals surface area (Å²) in [4.78, 5) is 13.5. The van der Waals surface area contributed by atoms with Crippen molar-refractivity contribution in [2.45, 2.75) is 64.0 Å². The molecule has 0 unspecified atom stereocenters. The van der Waals surface area contributed by atoms with Crippen molar-refractivity contribution in [2.24, 2.45) is 5.92 Å². The SMILES string of the molecule is CCOC(=O)N1CCC(N[C@@H]2CCCCC[C@H]2CO)CC1. The number of hydrogen-bond donors (Lipinski definition) is 2. The fraction of sp³-hybridized carbons (Fsp3) is 0.938. The lowest BCUT2D eigenvalue weighted by atomic mass is 9.93. The highest BCUT2D eigenvalue weighted by molar-refractivity contribution is 5.67. The van der Waals surface area contributed by atoms with Gasteiger partial charge in [0.15, 0.2) is 0 Å². The van der Waals surface area contributed by atoms with Crippen molar-refractivity contribution in [2.75, 3.05) is 26.3 Å². The largest absolute Gasteiger partial charge is 0.450 e. The zero-order chi connectivity index (χ0) is 15.1. The fourth-order valence-electron chi connectivity index (χ4n) is 3.57. The highest BCUT2D eigenvalue weighted by Crippen LogP contribution is 2.24. The first-order chi connectivity index (χ1) is 10.2. The Morgan fingerprint density at radius 3 is 2.57 bits per heavy atom. The summed E-state index contributed by atoms with van der Waals surface area (Å²) < 4.78 is 5.05. The molecule has 1 amide bonds. The van der Waals surface area contributed by atoms with Crippen molar-refractivity contribution in [3.05, 3.63) is 0 Å². The summed E-state index contributed by atoms with van der Waals surface area (Å²) in [7, 11) is 0. The van der Waals surface area contributed by atoms with E-state index in [1.807, 2.05) is 6.92 Å². The number of ether oxygens (including phenoxy) is 1. The van der Waals surface area contributed by atoms with E-state index in [0.717, 1.165) is 32.4 Å². The maximum atomic E-state index is 11.7. The predicted molar refractivity (Wildman–Crippen MR) is 82.2 cm³/mol. The van der Waals surface area contributed by atoms with Gasteiger partial charge in [-0.15, -0.1) is 0 Å². The van der Waals surface area contributed by atoms with Gasteiger partial charge in [0, 0.05) is 31.8 Å². The van der Waals surface area contributed by atoms with Crippen LogP contribution in [0.4, 0.5) is 4.79 Å². The number of carbonyl (C=O) groups excluding carboxylic acids is 1. The highest BCUT2D eigenvalue weighted by atomic mass is 16.6. The van der Waals surface area contributed by atoms with Crippen LogP contribution < -0.4 is 5.32 Å². The second-order valence-corrected chi connectivity index (χ2v) is 6.31. The molecule has 2 aliphatic rings. The summed E-state index contributed by atoms with van der Waals surface area (Å²) in [5, 5.41) is 13.3. The Bertz CT molecular complexity index is 317. The molecule has 0 spiro atoms. The second kappa shape index (κ2) is 8.59. The zero-order valence-electron chi connectivity index (χ0n) is 13.2. The first-order valence-electron chi connectivity index (χ1n) is 8.53. The quantitative estimate of drug-likeness (QED) is 0.781. The Balaban J connectivity index is 1.78. The molecule has 1 aliphatic heterocycles. The van der Waals surface area contributed by atoms with Gasteiger partial charge >= 0.3 is 6.09 Å². The number of aliphatic hydroxyl groups is 1. The Morgan fingerprint density at radius 2 is 1.90 bits per heavy atom. The number of likely N-dealkylation sites (tertiary alicyclic amines) is 1. The smallest absolute Gasteiger partial charge is 0.409 e. The molecule has 0 aromatic rings. The van der Waals surface area contributed by atoms with Gasteiger partial charge in [-0.2, -0.15) is 0 Å². The summed E-state index contributed by atoms with van der Waals surface area (Å²) >= 11 is 0. The minimum absolute atomic E-state index is 0.182. The van der Waals surface area contributed by atoms with Crippen LogP contribution in [0.3, 0.4) is 0 Å². The molecule has 1 heterocycles. The summed E-state index contributed by atoms with van der Waals surface area (Å²) in [6.45, 7) is 4.12. The molecule has 2 fully saturated rings. The lowest BCUT2D eigenvalue weighted by molar-refractivity contribution is 0.0916.